The highest BCUT2D eigenvalue weighted by Gasteiger charge is 2.14. The second-order valence-corrected chi connectivity index (χ2v) is 5.54. The third-order valence-electron chi connectivity index (χ3n) is 1.92. The molecule has 1 aromatic rings. The number of hydrogen-bond acceptors (Lipinski definition) is 4. The van der Waals surface area contributed by atoms with Crippen LogP contribution in [0.5, 0.6) is 0 Å². The van der Waals surface area contributed by atoms with Gasteiger partial charge in [0.15, 0.2) is 0 Å². The summed E-state index contributed by atoms with van der Waals surface area (Å²) in [4.78, 5) is 12.7. The second-order valence-electron chi connectivity index (χ2n) is 3.23. The van der Waals surface area contributed by atoms with Crippen molar-refractivity contribution >= 4 is 33.4 Å². The summed E-state index contributed by atoms with van der Waals surface area (Å²) in [5.74, 6) is -0.0602. The number of rotatable bonds is 5. The molecule has 0 aliphatic heterocycles. The van der Waals surface area contributed by atoms with Crippen LogP contribution in [0, 0.1) is 0 Å². The standard InChI is InChI=1S/C9H14BrN3OS/c1-3-7-8(15-13-12-7)9(14)11-5-4-6(2)10/h6H,3-5H2,1-2H3,(H,11,14). The van der Waals surface area contributed by atoms with E-state index in [2.05, 4.69) is 37.8 Å². The molecule has 4 nitrogen and oxygen atoms in total. The van der Waals surface area contributed by atoms with E-state index in [4.69, 9.17) is 0 Å². The number of carbonyl (C=O) groups excluding carboxylic acids is 1. The van der Waals surface area contributed by atoms with Crippen molar-refractivity contribution in [2.45, 2.75) is 31.5 Å². The number of halogens is 1. The predicted molar refractivity (Wildman–Crippen MR) is 64.6 cm³/mol. The van der Waals surface area contributed by atoms with Crippen LogP contribution in [0.15, 0.2) is 0 Å². The van der Waals surface area contributed by atoms with Crippen molar-refractivity contribution in [2.24, 2.45) is 0 Å². The number of aryl methyl sites for hydroxylation is 1. The first-order valence-electron chi connectivity index (χ1n) is 4.88. The normalized spacial score (nSPS) is 12.5. The van der Waals surface area contributed by atoms with Gasteiger partial charge in [0.1, 0.15) is 4.88 Å². The molecule has 1 N–H and O–H groups in total. The zero-order valence-electron chi connectivity index (χ0n) is 8.79. The van der Waals surface area contributed by atoms with Gasteiger partial charge >= 0.3 is 0 Å². The number of carbonyl (C=O) groups is 1. The number of amides is 1. The lowest BCUT2D eigenvalue weighted by Crippen LogP contribution is -2.25. The topological polar surface area (TPSA) is 54.9 Å². The highest BCUT2D eigenvalue weighted by atomic mass is 79.9. The Labute approximate surface area is 102 Å². The van der Waals surface area contributed by atoms with Crippen LogP contribution in [0.3, 0.4) is 0 Å². The van der Waals surface area contributed by atoms with E-state index in [1.165, 1.54) is 0 Å². The zero-order chi connectivity index (χ0) is 11.3. The molecule has 0 fully saturated rings. The number of hydrogen-bond donors (Lipinski definition) is 1. The number of nitrogens with zero attached hydrogens (tertiary/aromatic N) is 2. The van der Waals surface area contributed by atoms with Crippen LogP contribution in [-0.2, 0) is 6.42 Å². The first-order chi connectivity index (χ1) is 7.15. The van der Waals surface area contributed by atoms with Gasteiger partial charge in [-0.15, -0.1) is 5.10 Å². The van der Waals surface area contributed by atoms with Crippen LogP contribution in [0.4, 0.5) is 0 Å². The molecule has 0 bridgehead atoms. The van der Waals surface area contributed by atoms with Crippen LogP contribution < -0.4 is 5.32 Å². The molecule has 1 amide bonds. The molecule has 0 saturated heterocycles. The molecule has 1 heterocycles. The van der Waals surface area contributed by atoms with E-state index < -0.39 is 0 Å². The van der Waals surface area contributed by atoms with Crippen molar-refractivity contribution in [3.8, 4) is 0 Å². The molecule has 1 unspecified atom stereocenters. The minimum Gasteiger partial charge on any atom is -0.351 e. The van der Waals surface area contributed by atoms with Crippen molar-refractivity contribution in [3.63, 3.8) is 0 Å². The fourth-order valence-corrected chi connectivity index (χ4v) is 1.97. The summed E-state index contributed by atoms with van der Waals surface area (Å²) in [6, 6.07) is 0. The Morgan fingerprint density at radius 3 is 3.00 bits per heavy atom. The molecule has 0 aromatic carbocycles. The molecule has 0 spiro atoms. The van der Waals surface area contributed by atoms with Gasteiger partial charge in [0.2, 0.25) is 0 Å². The molecule has 1 aromatic heterocycles. The molecule has 6 heteroatoms. The van der Waals surface area contributed by atoms with Crippen LogP contribution in [-0.4, -0.2) is 26.9 Å². The van der Waals surface area contributed by atoms with E-state index in [9.17, 15) is 4.79 Å². The van der Waals surface area contributed by atoms with Gasteiger partial charge in [-0.2, -0.15) is 0 Å². The van der Waals surface area contributed by atoms with Crippen molar-refractivity contribution in [3.05, 3.63) is 10.6 Å². The highest BCUT2D eigenvalue weighted by Crippen LogP contribution is 2.10. The Balaban J connectivity index is 2.47. The summed E-state index contributed by atoms with van der Waals surface area (Å²) in [5, 5.41) is 6.75. The van der Waals surface area contributed by atoms with Crippen molar-refractivity contribution in [1.29, 1.82) is 0 Å². The second kappa shape index (κ2) is 6.17. The van der Waals surface area contributed by atoms with E-state index in [0.29, 0.717) is 16.2 Å². The first-order valence-corrected chi connectivity index (χ1v) is 6.57. The zero-order valence-corrected chi connectivity index (χ0v) is 11.2. The lowest BCUT2D eigenvalue weighted by atomic mass is 10.3. The highest BCUT2D eigenvalue weighted by molar-refractivity contribution is 9.09. The molecule has 1 atom stereocenters. The SMILES string of the molecule is CCc1nnsc1C(=O)NCCC(C)Br. The van der Waals surface area contributed by atoms with Crippen LogP contribution in [0.25, 0.3) is 0 Å². The maximum atomic E-state index is 11.7. The van der Waals surface area contributed by atoms with E-state index in [1.807, 2.05) is 6.92 Å². The molecule has 15 heavy (non-hydrogen) atoms. The molecule has 0 aliphatic rings. The lowest BCUT2D eigenvalue weighted by molar-refractivity contribution is 0.0956. The van der Waals surface area contributed by atoms with Gasteiger partial charge in [-0.3, -0.25) is 4.79 Å². The summed E-state index contributed by atoms with van der Waals surface area (Å²) in [6.07, 6.45) is 1.66. The summed E-state index contributed by atoms with van der Waals surface area (Å²) >= 11 is 4.58. The van der Waals surface area contributed by atoms with Gasteiger partial charge in [-0.1, -0.05) is 34.3 Å². The molecule has 0 radical (unpaired) electrons. The third-order valence-corrected chi connectivity index (χ3v) is 3.15. The molecule has 84 valence electrons. The molecule has 0 saturated carbocycles. The minimum absolute atomic E-state index is 0.0602. The Bertz CT molecular complexity index is 327. The van der Waals surface area contributed by atoms with Crippen molar-refractivity contribution in [1.82, 2.24) is 14.9 Å². The fourth-order valence-electron chi connectivity index (χ4n) is 1.08. The van der Waals surface area contributed by atoms with Crippen molar-refractivity contribution < 1.29 is 4.79 Å². The van der Waals surface area contributed by atoms with Gasteiger partial charge in [0.05, 0.1) is 5.69 Å². The van der Waals surface area contributed by atoms with Gasteiger partial charge < -0.3 is 5.32 Å². The molecule has 1 rings (SSSR count). The van der Waals surface area contributed by atoms with Gasteiger partial charge in [0.25, 0.3) is 5.91 Å². The maximum absolute atomic E-state index is 11.7. The largest absolute Gasteiger partial charge is 0.351 e. The average molecular weight is 292 g/mol. The predicted octanol–water partition coefficient (Wildman–Crippen LogP) is 2.00. The first kappa shape index (κ1) is 12.6. The van der Waals surface area contributed by atoms with E-state index in [1.54, 1.807) is 0 Å². The van der Waals surface area contributed by atoms with Gasteiger partial charge in [-0.25, -0.2) is 0 Å². The Morgan fingerprint density at radius 1 is 1.67 bits per heavy atom. The van der Waals surface area contributed by atoms with Crippen LogP contribution >= 0.6 is 27.5 Å². The third kappa shape index (κ3) is 3.87. The lowest BCUT2D eigenvalue weighted by Gasteiger charge is -2.04. The Hall–Kier alpha value is -0.490. The monoisotopic (exact) mass is 291 g/mol. The number of nitrogens with one attached hydrogen (secondary N) is 1. The summed E-state index contributed by atoms with van der Waals surface area (Å²) < 4.78 is 3.78. The number of aromatic nitrogens is 2. The van der Waals surface area contributed by atoms with Crippen LogP contribution in [0.1, 0.15) is 35.6 Å². The fraction of sp³-hybridized carbons (Fsp3) is 0.667. The molecular weight excluding hydrogens is 278 g/mol. The molecule has 0 aliphatic carbocycles. The summed E-state index contributed by atoms with van der Waals surface area (Å²) in [5.41, 5.74) is 0.782. The van der Waals surface area contributed by atoms with Gasteiger partial charge in [0, 0.05) is 11.4 Å². The quantitative estimate of drug-likeness (QED) is 0.845. The minimum atomic E-state index is -0.0602. The number of alkyl halides is 1. The van der Waals surface area contributed by atoms with E-state index >= 15 is 0 Å². The summed E-state index contributed by atoms with van der Waals surface area (Å²) in [7, 11) is 0. The average Bonchev–Trinajstić information content (AvgIpc) is 2.64. The molecular formula is C9H14BrN3OS. The summed E-state index contributed by atoms with van der Waals surface area (Å²) in [6.45, 7) is 4.69. The smallest absolute Gasteiger partial charge is 0.264 e. The van der Waals surface area contributed by atoms with Crippen LogP contribution in [0.2, 0.25) is 0 Å². The van der Waals surface area contributed by atoms with Gasteiger partial charge in [-0.05, 0) is 24.4 Å². The van der Waals surface area contributed by atoms with Crippen molar-refractivity contribution in [2.75, 3.05) is 6.54 Å². The Kier molecular flexibility index (Phi) is 5.17. The van der Waals surface area contributed by atoms with E-state index in [-0.39, 0.29) is 5.91 Å². The Morgan fingerprint density at radius 2 is 2.40 bits per heavy atom. The van der Waals surface area contributed by atoms with E-state index in [0.717, 1.165) is 30.1 Å². The maximum Gasteiger partial charge on any atom is 0.264 e.